The number of hydrogen-bond acceptors (Lipinski definition) is 3. The van der Waals surface area contributed by atoms with Gasteiger partial charge in [-0.15, -0.1) is 0 Å². The van der Waals surface area contributed by atoms with Crippen molar-refractivity contribution in [3.8, 4) is 0 Å². The number of aliphatic hydroxyl groups is 1. The van der Waals surface area contributed by atoms with Crippen molar-refractivity contribution >= 4 is 5.91 Å². The Hall–Kier alpha value is -0.610. The van der Waals surface area contributed by atoms with Crippen molar-refractivity contribution in [2.75, 3.05) is 26.2 Å². The van der Waals surface area contributed by atoms with Crippen LogP contribution in [0.2, 0.25) is 0 Å². The molecular weight excluding hydrogens is 252 g/mol. The average Bonchev–Trinajstić information content (AvgIpc) is 3.19. The highest BCUT2D eigenvalue weighted by Crippen LogP contribution is 2.59. The van der Waals surface area contributed by atoms with Gasteiger partial charge in [0.2, 0.25) is 5.91 Å². The Kier molecular flexibility index (Phi) is 4.32. The fourth-order valence-corrected chi connectivity index (χ4v) is 4.35. The van der Waals surface area contributed by atoms with E-state index in [4.69, 9.17) is 0 Å². The molecule has 4 heteroatoms. The van der Waals surface area contributed by atoms with Gasteiger partial charge in [-0.25, -0.2) is 0 Å². The Morgan fingerprint density at radius 1 is 1.20 bits per heavy atom. The molecular formula is C16H28N2O2. The molecule has 4 nitrogen and oxygen atoms in total. The summed E-state index contributed by atoms with van der Waals surface area (Å²) in [5.41, 5.74) is 0.310. The lowest BCUT2D eigenvalue weighted by atomic mass is 9.90. The molecule has 3 fully saturated rings. The Morgan fingerprint density at radius 3 is 2.55 bits per heavy atom. The zero-order chi connectivity index (χ0) is 14.0. The van der Waals surface area contributed by atoms with Crippen LogP contribution in [-0.2, 0) is 4.79 Å². The SMILES string of the molecule is O=C(C1CC12CCNCC2)N(CCO)C1CCCCC1. The molecule has 0 aromatic rings. The third kappa shape index (κ3) is 2.73. The Balaban J connectivity index is 1.63. The summed E-state index contributed by atoms with van der Waals surface area (Å²) in [6.07, 6.45) is 9.43. The van der Waals surface area contributed by atoms with Crippen LogP contribution in [0.15, 0.2) is 0 Å². The first-order chi connectivity index (χ1) is 9.77. The lowest BCUT2D eigenvalue weighted by Gasteiger charge is -2.35. The fraction of sp³-hybridized carbons (Fsp3) is 0.938. The minimum absolute atomic E-state index is 0.101. The molecule has 1 spiro atoms. The summed E-state index contributed by atoms with van der Waals surface area (Å²) in [6.45, 7) is 2.76. The fourth-order valence-electron chi connectivity index (χ4n) is 4.35. The molecule has 0 bridgehead atoms. The molecule has 114 valence electrons. The molecule has 2 aliphatic carbocycles. The summed E-state index contributed by atoms with van der Waals surface area (Å²) in [4.78, 5) is 14.9. The summed E-state index contributed by atoms with van der Waals surface area (Å²) >= 11 is 0. The third-order valence-corrected chi connectivity index (χ3v) is 5.73. The van der Waals surface area contributed by atoms with E-state index in [-0.39, 0.29) is 12.5 Å². The molecule has 20 heavy (non-hydrogen) atoms. The average molecular weight is 280 g/mol. The van der Waals surface area contributed by atoms with Gasteiger partial charge >= 0.3 is 0 Å². The van der Waals surface area contributed by atoms with Crippen LogP contribution in [0.25, 0.3) is 0 Å². The summed E-state index contributed by atoms with van der Waals surface area (Å²) in [5, 5.41) is 12.7. The molecule has 0 aromatic heterocycles. The second kappa shape index (κ2) is 6.02. The van der Waals surface area contributed by atoms with Gasteiger partial charge < -0.3 is 15.3 Å². The van der Waals surface area contributed by atoms with Crippen molar-refractivity contribution in [1.29, 1.82) is 0 Å². The van der Waals surface area contributed by atoms with Crippen molar-refractivity contribution in [3.63, 3.8) is 0 Å². The molecule has 1 atom stereocenters. The molecule has 2 N–H and O–H groups in total. The van der Waals surface area contributed by atoms with Gasteiger partial charge in [0.05, 0.1) is 6.61 Å². The van der Waals surface area contributed by atoms with Crippen LogP contribution in [0.4, 0.5) is 0 Å². The monoisotopic (exact) mass is 280 g/mol. The molecule has 0 radical (unpaired) electrons. The second-order valence-corrected chi connectivity index (χ2v) is 6.92. The maximum atomic E-state index is 12.9. The number of nitrogens with zero attached hydrogens (tertiary/aromatic N) is 1. The number of hydrogen-bond donors (Lipinski definition) is 2. The van der Waals surface area contributed by atoms with E-state index in [0.29, 0.717) is 23.9 Å². The molecule has 1 amide bonds. The number of rotatable bonds is 4. The van der Waals surface area contributed by atoms with E-state index in [9.17, 15) is 9.90 Å². The molecule has 0 aromatic carbocycles. The molecule has 1 unspecified atom stereocenters. The Labute approximate surface area is 121 Å². The molecule has 3 rings (SSSR count). The van der Waals surface area contributed by atoms with Crippen LogP contribution in [-0.4, -0.2) is 48.2 Å². The van der Waals surface area contributed by atoms with Crippen LogP contribution in [0.1, 0.15) is 51.4 Å². The van der Waals surface area contributed by atoms with Crippen molar-refractivity contribution in [1.82, 2.24) is 10.2 Å². The smallest absolute Gasteiger partial charge is 0.226 e. The number of aliphatic hydroxyl groups excluding tert-OH is 1. The van der Waals surface area contributed by atoms with Crippen LogP contribution in [0.3, 0.4) is 0 Å². The van der Waals surface area contributed by atoms with Gasteiger partial charge in [0.1, 0.15) is 0 Å². The maximum Gasteiger partial charge on any atom is 0.226 e. The normalized spacial score (nSPS) is 29.4. The van der Waals surface area contributed by atoms with Gasteiger partial charge in [0.15, 0.2) is 0 Å². The van der Waals surface area contributed by atoms with Gasteiger partial charge in [-0.1, -0.05) is 19.3 Å². The molecule has 1 aliphatic heterocycles. The van der Waals surface area contributed by atoms with Crippen LogP contribution in [0, 0.1) is 11.3 Å². The molecule has 3 aliphatic rings. The zero-order valence-electron chi connectivity index (χ0n) is 12.4. The number of carbonyl (C=O) groups is 1. The quantitative estimate of drug-likeness (QED) is 0.821. The van der Waals surface area contributed by atoms with E-state index in [1.165, 1.54) is 19.3 Å². The number of amides is 1. The Morgan fingerprint density at radius 2 is 1.90 bits per heavy atom. The third-order valence-electron chi connectivity index (χ3n) is 5.73. The first-order valence-electron chi connectivity index (χ1n) is 8.39. The lowest BCUT2D eigenvalue weighted by Crippen LogP contribution is -2.45. The number of piperidine rings is 1. The van der Waals surface area contributed by atoms with E-state index >= 15 is 0 Å². The highest BCUT2D eigenvalue weighted by Gasteiger charge is 2.58. The first kappa shape index (κ1) is 14.3. The van der Waals surface area contributed by atoms with E-state index in [1.807, 2.05) is 4.90 Å². The van der Waals surface area contributed by atoms with Crippen molar-refractivity contribution in [3.05, 3.63) is 0 Å². The van der Waals surface area contributed by atoms with E-state index in [1.54, 1.807) is 0 Å². The Bertz CT molecular complexity index is 346. The summed E-state index contributed by atoms with van der Waals surface area (Å²) in [7, 11) is 0. The van der Waals surface area contributed by atoms with Crippen LogP contribution >= 0.6 is 0 Å². The predicted octanol–water partition coefficient (Wildman–Crippen LogP) is 1.53. The highest BCUT2D eigenvalue weighted by molar-refractivity contribution is 5.83. The van der Waals surface area contributed by atoms with Crippen LogP contribution < -0.4 is 5.32 Å². The largest absolute Gasteiger partial charge is 0.395 e. The molecule has 2 saturated carbocycles. The van der Waals surface area contributed by atoms with Crippen LogP contribution in [0.5, 0.6) is 0 Å². The van der Waals surface area contributed by atoms with E-state index in [0.717, 1.165) is 45.2 Å². The van der Waals surface area contributed by atoms with E-state index in [2.05, 4.69) is 5.32 Å². The van der Waals surface area contributed by atoms with Gasteiger partial charge in [0.25, 0.3) is 0 Å². The van der Waals surface area contributed by atoms with Gasteiger partial charge in [-0.3, -0.25) is 4.79 Å². The standard InChI is InChI=1S/C16H28N2O2/c19-11-10-18(13-4-2-1-3-5-13)15(20)14-12-16(14)6-8-17-9-7-16/h13-14,17,19H,1-12H2. The predicted molar refractivity (Wildman–Crippen MR) is 78.3 cm³/mol. The number of nitrogens with one attached hydrogen (secondary N) is 1. The van der Waals surface area contributed by atoms with Crippen molar-refractivity contribution < 1.29 is 9.90 Å². The van der Waals surface area contributed by atoms with Gasteiger partial charge in [0, 0.05) is 18.5 Å². The molecule has 1 saturated heterocycles. The highest BCUT2D eigenvalue weighted by atomic mass is 16.3. The number of carbonyl (C=O) groups excluding carboxylic acids is 1. The molecule has 1 heterocycles. The summed E-state index contributed by atoms with van der Waals surface area (Å²) < 4.78 is 0. The van der Waals surface area contributed by atoms with Gasteiger partial charge in [-0.2, -0.15) is 0 Å². The summed E-state index contributed by atoms with van der Waals surface area (Å²) in [6, 6.07) is 0.391. The minimum Gasteiger partial charge on any atom is -0.395 e. The summed E-state index contributed by atoms with van der Waals surface area (Å²) in [5.74, 6) is 0.589. The topological polar surface area (TPSA) is 52.6 Å². The minimum atomic E-state index is 0.101. The maximum absolute atomic E-state index is 12.9. The van der Waals surface area contributed by atoms with Crippen molar-refractivity contribution in [2.24, 2.45) is 11.3 Å². The van der Waals surface area contributed by atoms with Gasteiger partial charge in [-0.05, 0) is 50.6 Å². The second-order valence-electron chi connectivity index (χ2n) is 6.92. The lowest BCUT2D eigenvalue weighted by molar-refractivity contribution is -0.137. The van der Waals surface area contributed by atoms with E-state index < -0.39 is 0 Å². The zero-order valence-corrected chi connectivity index (χ0v) is 12.4. The van der Waals surface area contributed by atoms with Crippen molar-refractivity contribution in [2.45, 2.75) is 57.4 Å². The first-order valence-corrected chi connectivity index (χ1v) is 8.39.